The summed E-state index contributed by atoms with van der Waals surface area (Å²) in [6.07, 6.45) is 4.09. The van der Waals surface area contributed by atoms with E-state index in [-0.39, 0.29) is 5.54 Å². The van der Waals surface area contributed by atoms with Crippen LogP contribution in [0.2, 0.25) is 0 Å². The molecule has 2 atom stereocenters. The lowest BCUT2D eigenvalue weighted by atomic mass is 9.86. The second kappa shape index (κ2) is 6.82. The number of hydrogen-bond acceptors (Lipinski definition) is 4. The minimum Gasteiger partial charge on any atom is -0.494 e. The van der Waals surface area contributed by atoms with Gasteiger partial charge < -0.3 is 15.0 Å². The van der Waals surface area contributed by atoms with Crippen LogP contribution in [0.25, 0.3) is 0 Å². The van der Waals surface area contributed by atoms with E-state index in [1.54, 1.807) is 0 Å². The third kappa shape index (κ3) is 3.48. The summed E-state index contributed by atoms with van der Waals surface area (Å²) >= 11 is 0. The number of hydrogen-bond donors (Lipinski definition) is 1. The van der Waals surface area contributed by atoms with Gasteiger partial charge in [0.15, 0.2) is 0 Å². The van der Waals surface area contributed by atoms with Crippen molar-refractivity contribution >= 4 is 5.69 Å². The minimum absolute atomic E-state index is 0.352. The molecule has 1 saturated carbocycles. The quantitative estimate of drug-likeness (QED) is 0.874. The molecule has 4 heteroatoms. The highest BCUT2D eigenvalue weighted by Crippen LogP contribution is 2.37. The van der Waals surface area contributed by atoms with Crippen molar-refractivity contribution in [1.29, 1.82) is 5.26 Å². The Bertz CT molecular complexity index is 509. The Kier molecular flexibility index (Phi) is 5.08. The molecule has 0 bridgehead atoms. The Hall–Kier alpha value is -1.73. The predicted molar refractivity (Wildman–Crippen MR) is 85.6 cm³/mol. The van der Waals surface area contributed by atoms with Crippen molar-refractivity contribution in [2.24, 2.45) is 5.92 Å². The van der Waals surface area contributed by atoms with Gasteiger partial charge in [0.1, 0.15) is 11.3 Å². The molecular formula is C17H25N3O. The van der Waals surface area contributed by atoms with E-state index >= 15 is 0 Å². The van der Waals surface area contributed by atoms with Crippen molar-refractivity contribution in [3.05, 3.63) is 24.3 Å². The van der Waals surface area contributed by atoms with E-state index in [0.29, 0.717) is 12.5 Å². The van der Waals surface area contributed by atoms with Crippen molar-refractivity contribution in [2.75, 3.05) is 32.6 Å². The van der Waals surface area contributed by atoms with Crippen molar-refractivity contribution < 1.29 is 4.74 Å². The highest BCUT2D eigenvalue weighted by atomic mass is 16.5. The molecule has 1 fully saturated rings. The average Bonchev–Trinajstić information content (AvgIpc) is 2.91. The largest absolute Gasteiger partial charge is 0.494 e. The lowest BCUT2D eigenvalue weighted by molar-refractivity contribution is 0.239. The van der Waals surface area contributed by atoms with Crippen LogP contribution in [-0.2, 0) is 0 Å². The monoisotopic (exact) mass is 287 g/mol. The molecule has 21 heavy (non-hydrogen) atoms. The number of ether oxygens (including phenoxy) is 1. The van der Waals surface area contributed by atoms with E-state index in [4.69, 9.17) is 4.74 Å². The van der Waals surface area contributed by atoms with Crippen LogP contribution in [0.15, 0.2) is 24.3 Å². The Balaban J connectivity index is 1.90. The van der Waals surface area contributed by atoms with Gasteiger partial charge in [0.05, 0.1) is 12.7 Å². The number of nitrogens with zero attached hydrogens (tertiary/aromatic N) is 2. The summed E-state index contributed by atoms with van der Waals surface area (Å²) in [4.78, 5) is 2.06. The minimum atomic E-state index is -0.352. The molecule has 2 rings (SSSR count). The number of benzene rings is 1. The molecule has 2 unspecified atom stereocenters. The summed E-state index contributed by atoms with van der Waals surface area (Å²) in [6, 6.07) is 10.6. The van der Waals surface area contributed by atoms with Gasteiger partial charge in [-0.15, -0.1) is 0 Å². The molecule has 1 aliphatic carbocycles. The summed E-state index contributed by atoms with van der Waals surface area (Å²) in [7, 11) is 5.93. The van der Waals surface area contributed by atoms with Crippen LogP contribution in [0.3, 0.4) is 0 Å². The van der Waals surface area contributed by atoms with Gasteiger partial charge in [-0.1, -0.05) is 12.5 Å². The van der Waals surface area contributed by atoms with Crippen LogP contribution < -0.4 is 15.0 Å². The first kappa shape index (κ1) is 15.7. The fraction of sp³-hybridized carbons (Fsp3) is 0.588. The summed E-state index contributed by atoms with van der Waals surface area (Å²) in [5.74, 6) is 1.27. The average molecular weight is 287 g/mol. The van der Waals surface area contributed by atoms with Crippen LogP contribution in [0.1, 0.15) is 25.7 Å². The predicted octanol–water partition coefficient (Wildman–Crippen LogP) is 2.80. The van der Waals surface area contributed by atoms with Gasteiger partial charge in [-0.05, 0) is 44.4 Å². The zero-order chi connectivity index (χ0) is 15.3. The molecule has 0 heterocycles. The second-order valence-corrected chi connectivity index (χ2v) is 5.95. The van der Waals surface area contributed by atoms with Crippen LogP contribution in [0.4, 0.5) is 5.69 Å². The molecule has 4 nitrogen and oxygen atoms in total. The Labute approximate surface area is 127 Å². The van der Waals surface area contributed by atoms with Crippen LogP contribution >= 0.6 is 0 Å². The van der Waals surface area contributed by atoms with Crippen molar-refractivity contribution in [2.45, 2.75) is 31.2 Å². The number of rotatable bonds is 6. The fourth-order valence-corrected chi connectivity index (χ4v) is 3.17. The third-order valence-corrected chi connectivity index (χ3v) is 4.54. The SMILES string of the molecule is CNC1(C#N)CCCC1CCOc1cccc(N(C)C)c1. The van der Waals surface area contributed by atoms with E-state index in [2.05, 4.69) is 22.4 Å². The maximum absolute atomic E-state index is 9.44. The molecule has 1 aromatic carbocycles. The Morgan fingerprint density at radius 1 is 1.48 bits per heavy atom. The molecule has 0 saturated heterocycles. The topological polar surface area (TPSA) is 48.3 Å². The Morgan fingerprint density at radius 2 is 2.29 bits per heavy atom. The third-order valence-electron chi connectivity index (χ3n) is 4.54. The van der Waals surface area contributed by atoms with Gasteiger partial charge in [0.2, 0.25) is 0 Å². The Morgan fingerprint density at radius 3 is 2.95 bits per heavy atom. The molecule has 0 amide bonds. The van der Waals surface area contributed by atoms with Gasteiger partial charge in [0, 0.05) is 25.8 Å². The molecule has 1 aromatic rings. The maximum Gasteiger partial charge on any atom is 0.121 e. The molecule has 0 aliphatic heterocycles. The molecule has 0 radical (unpaired) electrons. The first-order chi connectivity index (χ1) is 10.1. The summed E-state index contributed by atoms with van der Waals surface area (Å²) in [5, 5.41) is 12.7. The number of nitrogens with one attached hydrogen (secondary N) is 1. The van der Waals surface area contributed by atoms with Crippen LogP contribution in [0, 0.1) is 17.2 Å². The molecular weight excluding hydrogens is 262 g/mol. The van der Waals surface area contributed by atoms with Crippen LogP contribution in [-0.4, -0.2) is 33.3 Å². The maximum atomic E-state index is 9.44. The summed E-state index contributed by atoms with van der Waals surface area (Å²) in [5.41, 5.74) is 0.782. The van der Waals surface area contributed by atoms with Gasteiger partial charge in [-0.25, -0.2) is 0 Å². The van der Waals surface area contributed by atoms with Crippen molar-refractivity contribution in [3.8, 4) is 11.8 Å². The molecule has 0 aromatic heterocycles. The zero-order valence-electron chi connectivity index (χ0n) is 13.2. The van der Waals surface area contributed by atoms with E-state index in [0.717, 1.165) is 37.1 Å². The standard InChI is InChI=1S/C17H25N3O/c1-19-17(13-18)10-5-6-14(17)9-11-21-16-8-4-7-15(12-16)20(2)3/h4,7-8,12,14,19H,5-6,9-11H2,1-3H3. The fourth-order valence-electron chi connectivity index (χ4n) is 3.17. The van der Waals surface area contributed by atoms with Gasteiger partial charge >= 0.3 is 0 Å². The molecule has 1 N–H and O–H groups in total. The van der Waals surface area contributed by atoms with Crippen molar-refractivity contribution in [1.82, 2.24) is 5.32 Å². The first-order valence-electron chi connectivity index (χ1n) is 7.61. The van der Waals surface area contributed by atoms with E-state index in [9.17, 15) is 5.26 Å². The molecule has 114 valence electrons. The summed E-state index contributed by atoms with van der Waals surface area (Å²) in [6.45, 7) is 0.659. The lowest BCUT2D eigenvalue weighted by Crippen LogP contribution is -2.45. The van der Waals surface area contributed by atoms with Gasteiger partial charge in [0.25, 0.3) is 0 Å². The van der Waals surface area contributed by atoms with E-state index in [1.807, 2.05) is 39.3 Å². The van der Waals surface area contributed by atoms with Gasteiger partial charge in [-0.2, -0.15) is 5.26 Å². The van der Waals surface area contributed by atoms with Gasteiger partial charge in [-0.3, -0.25) is 0 Å². The van der Waals surface area contributed by atoms with E-state index < -0.39 is 0 Å². The second-order valence-electron chi connectivity index (χ2n) is 5.95. The smallest absolute Gasteiger partial charge is 0.121 e. The zero-order valence-corrected chi connectivity index (χ0v) is 13.2. The molecule has 1 aliphatic rings. The van der Waals surface area contributed by atoms with E-state index in [1.165, 1.54) is 0 Å². The normalized spacial score (nSPS) is 24.6. The lowest BCUT2D eigenvalue weighted by Gasteiger charge is -2.28. The summed E-state index contributed by atoms with van der Waals surface area (Å²) < 4.78 is 5.88. The van der Waals surface area contributed by atoms with Crippen molar-refractivity contribution in [3.63, 3.8) is 0 Å². The molecule has 0 spiro atoms. The van der Waals surface area contributed by atoms with Crippen LogP contribution in [0.5, 0.6) is 5.75 Å². The highest BCUT2D eigenvalue weighted by Gasteiger charge is 2.41. The number of anilines is 1. The highest BCUT2D eigenvalue weighted by molar-refractivity contribution is 5.49. The first-order valence-corrected chi connectivity index (χ1v) is 7.61. The number of nitriles is 1.